The first kappa shape index (κ1) is 16.8. The molecule has 1 aliphatic carbocycles. The van der Waals surface area contributed by atoms with E-state index in [9.17, 15) is 13.2 Å². The number of aryl methyl sites for hydroxylation is 1. The van der Waals surface area contributed by atoms with Crippen LogP contribution in [0.3, 0.4) is 0 Å². The largest absolute Gasteiger partial charge is 0.349 e. The van der Waals surface area contributed by atoms with Crippen molar-refractivity contribution in [3.8, 4) is 0 Å². The van der Waals surface area contributed by atoms with E-state index in [0.29, 0.717) is 16.3 Å². The number of nitrogens with one attached hydrogen (secondary N) is 2. The van der Waals surface area contributed by atoms with E-state index in [2.05, 4.69) is 10.0 Å². The van der Waals surface area contributed by atoms with Crippen molar-refractivity contribution in [2.75, 3.05) is 4.72 Å². The second-order valence-corrected chi connectivity index (χ2v) is 7.93. The van der Waals surface area contributed by atoms with E-state index in [1.807, 2.05) is 6.92 Å². The van der Waals surface area contributed by atoms with Crippen LogP contribution in [0.1, 0.15) is 28.8 Å². The molecule has 1 saturated carbocycles. The lowest BCUT2D eigenvalue weighted by Gasteiger charge is -2.10. The molecule has 1 amide bonds. The zero-order valence-electron chi connectivity index (χ0n) is 13.0. The molecule has 1 fully saturated rings. The molecule has 0 aromatic heterocycles. The predicted octanol–water partition coefficient (Wildman–Crippen LogP) is 3.34. The normalized spacial score (nSPS) is 14.2. The summed E-state index contributed by atoms with van der Waals surface area (Å²) >= 11 is 6.01. The van der Waals surface area contributed by atoms with Gasteiger partial charge in [0.1, 0.15) is 0 Å². The third-order valence-electron chi connectivity index (χ3n) is 3.76. The molecule has 0 spiro atoms. The Balaban J connectivity index is 1.76. The summed E-state index contributed by atoms with van der Waals surface area (Å²) in [6.07, 6.45) is 2.00. The van der Waals surface area contributed by atoms with Crippen LogP contribution in [0.25, 0.3) is 0 Å². The number of amides is 1. The molecule has 0 aliphatic heterocycles. The molecule has 2 aromatic rings. The maximum Gasteiger partial charge on any atom is 0.261 e. The molecular weight excluding hydrogens is 348 g/mol. The van der Waals surface area contributed by atoms with E-state index in [0.717, 1.165) is 18.4 Å². The average molecular weight is 365 g/mol. The Hall–Kier alpha value is -2.05. The molecule has 126 valence electrons. The first-order valence-electron chi connectivity index (χ1n) is 7.55. The molecule has 0 radical (unpaired) electrons. The zero-order valence-corrected chi connectivity index (χ0v) is 14.6. The Morgan fingerprint density at radius 1 is 1.12 bits per heavy atom. The Kier molecular flexibility index (Phi) is 4.51. The fourth-order valence-electron chi connectivity index (χ4n) is 2.15. The van der Waals surface area contributed by atoms with Crippen molar-refractivity contribution in [3.05, 3.63) is 58.6 Å². The Morgan fingerprint density at radius 2 is 1.79 bits per heavy atom. The summed E-state index contributed by atoms with van der Waals surface area (Å²) in [4.78, 5) is 12.0. The van der Waals surface area contributed by atoms with Crippen LogP contribution in [-0.2, 0) is 10.0 Å². The van der Waals surface area contributed by atoms with Crippen molar-refractivity contribution in [1.29, 1.82) is 0 Å². The van der Waals surface area contributed by atoms with Crippen molar-refractivity contribution in [3.63, 3.8) is 0 Å². The predicted molar refractivity (Wildman–Crippen MR) is 93.9 cm³/mol. The standard InChI is InChI=1S/C17H17ClN2O3S/c1-11-2-5-14(10-16(11)18)20-24(22,23)15-8-3-12(4-9-15)17(21)19-13-6-7-13/h2-5,8-10,13,20H,6-7H2,1H3,(H,19,21). The Labute approximate surface area is 146 Å². The fourth-order valence-corrected chi connectivity index (χ4v) is 3.38. The maximum absolute atomic E-state index is 12.4. The maximum atomic E-state index is 12.4. The van der Waals surface area contributed by atoms with Crippen LogP contribution in [0.4, 0.5) is 5.69 Å². The summed E-state index contributed by atoms with van der Waals surface area (Å²) in [5.41, 5.74) is 1.70. The third kappa shape index (κ3) is 3.88. The molecular formula is C17H17ClN2O3S. The lowest BCUT2D eigenvalue weighted by Crippen LogP contribution is -2.25. The summed E-state index contributed by atoms with van der Waals surface area (Å²) in [6.45, 7) is 1.84. The first-order valence-corrected chi connectivity index (χ1v) is 9.41. The number of rotatable bonds is 5. The molecule has 1 aliphatic rings. The SMILES string of the molecule is Cc1ccc(NS(=O)(=O)c2ccc(C(=O)NC3CC3)cc2)cc1Cl. The topological polar surface area (TPSA) is 75.3 Å². The second-order valence-electron chi connectivity index (χ2n) is 5.84. The van der Waals surface area contributed by atoms with Crippen LogP contribution in [0, 0.1) is 6.92 Å². The number of carbonyl (C=O) groups excluding carboxylic acids is 1. The van der Waals surface area contributed by atoms with Crippen LogP contribution < -0.4 is 10.0 Å². The van der Waals surface area contributed by atoms with E-state index in [1.165, 1.54) is 24.3 Å². The van der Waals surface area contributed by atoms with Gasteiger partial charge in [0.15, 0.2) is 0 Å². The summed E-state index contributed by atoms with van der Waals surface area (Å²) in [6, 6.07) is 11.1. The van der Waals surface area contributed by atoms with Crippen molar-refractivity contribution in [2.24, 2.45) is 0 Å². The molecule has 5 nitrogen and oxygen atoms in total. The van der Waals surface area contributed by atoms with Crippen molar-refractivity contribution < 1.29 is 13.2 Å². The molecule has 7 heteroatoms. The fraction of sp³-hybridized carbons (Fsp3) is 0.235. The Bertz CT molecular complexity index is 875. The highest BCUT2D eigenvalue weighted by molar-refractivity contribution is 7.92. The molecule has 0 heterocycles. The molecule has 2 aromatic carbocycles. The van der Waals surface area contributed by atoms with Crippen LogP contribution >= 0.6 is 11.6 Å². The number of halogens is 1. The minimum absolute atomic E-state index is 0.0853. The zero-order chi connectivity index (χ0) is 17.3. The number of sulfonamides is 1. The summed E-state index contributed by atoms with van der Waals surface area (Å²) in [5, 5.41) is 3.35. The van der Waals surface area contributed by atoms with E-state index in [4.69, 9.17) is 11.6 Å². The van der Waals surface area contributed by atoms with Crippen LogP contribution in [-0.4, -0.2) is 20.4 Å². The van der Waals surface area contributed by atoms with Crippen LogP contribution in [0.15, 0.2) is 47.4 Å². The molecule has 3 rings (SSSR count). The van der Waals surface area contributed by atoms with Gasteiger partial charge in [0.2, 0.25) is 0 Å². The number of hydrogen-bond donors (Lipinski definition) is 2. The van der Waals surface area contributed by atoms with Gasteiger partial charge >= 0.3 is 0 Å². The smallest absolute Gasteiger partial charge is 0.261 e. The van der Waals surface area contributed by atoms with E-state index in [-0.39, 0.29) is 16.8 Å². The lowest BCUT2D eigenvalue weighted by atomic mass is 10.2. The lowest BCUT2D eigenvalue weighted by molar-refractivity contribution is 0.0951. The number of hydrogen-bond acceptors (Lipinski definition) is 3. The van der Waals surface area contributed by atoms with Crippen molar-refractivity contribution >= 4 is 33.2 Å². The first-order chi connectivity index (χ1) is 11.3. The minimum atomic E-state index is -3.74. The van der Waals surface area contributed by atoms with Gasteiger partial charge in [-0.05, 0) is 61.7 Å². The van der Waals surface area contributed by atoms with Crippen LogP contribution in [0.2, 0.25) is 5.02 Å². The summed E-state index contributed by atoms with van der Waals surface area (Å²) in [5.74, 6) is -0.181. The highest BCUT2D eigenvalue weighted by Gasteiger charge is 2.24. The number of benzene rings is 2. The number of carbonyl (C=O) groups is 1. The molecule has 0 unspecified atom stereocenters. The molecule has 24 heavy (non-hydrogen) atoms. The van der Waals surface area contributed by atoms with Gasteiger partial charge in [-0.1, -0.05) is 17.7 Å². The van der Waals surface area contributed by atoms with Gasteiger partial charge in [-0.25, -0.2) is 8.42 Å². The van der Waals surface area contributed by atoms with Gasteiger partial charge in [-0.15, -0.1) is 0 Å². The van der Waals surface area contributed by atoms with Crippen molar-refractivity contribution in [2.45, 2.75) is 30.7 Å². The highest BCUT2D eigenvalue weighted by Crippen LogP contribution is 2.23. The minimum Gasteiger partial charge on any atom is -0.349 e. The number of anilines is 1. The van der Waals surface area contributed by atoms with Gasteiger partial charge in [0.05, 0.1) is 10.6 Å². The van der Waals surface area contributed by atoms with E-state index >= 15 is 0 Å². The molecule has 0 bridgehead atoms. The van der Waals surface area contributed by atoms with Gasteiger partial charge in [0, 0.05) is 16.6 Å². The summed E-state index contributed by atoms with van der Waals surface area (Å²) in [7, 11) is -3.74. The van der Waals surface area contributed by atoms with Crippen LogP contribution in [0.5, 0.6) is 0 Å². The van der Waals surface area contributed by atoms with Gasteiger partial charge in [-0.3, -0.25) is 9.52 Å². The van der Waals surface area contributed by atoms with E-state index in [1.54, 1.807) is 18.2 Å². The second kappa shape index (κ2) is 6.45. The summed E-state index contributed by atoms with van der Waals surface area (Å²) < 4.78 is 27.3. The molecule has 2 N–H and O–H groups in total. The Morgan fingerprint density at radius 3 is 2.38 bits per heavy atom. The molecule has 0 atom stereocenters. The highest BCUT2D eigenvalue weighted by atomic mass is 35.5. The quantitative estimate of drug-likeness (QED) is 0.854. The monoisotopic (exact) mass is 364 g/mol. The van der Waals surface area contributed by atoms with E-state index < -0.39 is 10.0 Å². The van der Waals surface area contributed by atoms with Gasteiger partial charge in [-0.2, -0.15) is 0 Å². The van der Waals surface area contributed by atoms with Gasteiger partial charge in [0.25, 0.3) is 15.9 Å². The average Bonchev–Trinajstić information content (AvgIpc) is 3.35. The van der Waals surface area contributed by atoms with Gasteiger partial charge < -0.3 is 5.32 Å². The van der Waals surface area contributed by atoms with Crippen molar-refractivity contribution in [1.82, 2.24) is 5.32 Å². The molecule has 0 saturated heterocycles. The third-order valence-corrected chi connectivity index (χ3v) is 5.57.